The van der Waals surface area contributed by atoms with Gasteiger partial charge in [0.15, 0.2) is 0 Å². The van der Waals surface area contributed by atoms with Crippen molar-refractivity contribution < 1.29 is 0 Å². The van der Waals surface area contributed by atoms with Crippen molar-refractivity contribution in [2.45, 2.75) is 12.8 Å². The molecule has 1 aliphatic rings. The van der Waals surface area contributed by atoms with Crippen LogP contribution in [0, 0.1) is 6.07 Å². The van der Waals surface area contributed by atoms with E-state index in [2.05, 4.69) is 18.2 Å². The van der Waals surface area contributed by atoms with Gasteiger partial charge in [0.25, 0.3) is 0 Å². The zero-order chi connectivity index (χ0) is 5.40. The van der Waals surface area contributed by atoms with Crippen LogP contribution in [0.5, 0.6) is 0 Å². The molecule has 0 saturated carbocycles. The highest BCUT2D eigenvalue weighted by Gasteiger charge is 2.09. The first-order valence-corrected chi connectivity index (χ1v) is 2.95. The van der Waals surface area contributed by atoms with E-state index < -0.39 is 0 Å². The normalized spacial score (nSPS) is 14.5. The van der Waals surface area contributed by atoms with Gasteiger partial charge in [-0.2, -0.15) is 0 Å². The molecular weight excluding hydrogens is 96.1 g/mol. The molecule has 39 valence electrons. The minimum Gasteiger partial charge on any atom is -0.0581 e. The predicted octanol–water partition coefficient (Wildman–Crippen LogP) is 1.59. The Morgan fingerprint density at radius 3 is 2.50 bits per heavy atom. The van der Waals surface area contributed by atoms with Crippen molar-refractivity contribution in [2.75, 3.05) is 0 Å². The highest BCUT2D eigenvalue weighted by molar-refractivity contribution is 5.34. The molecule has 0 saturated heterocycles. The van der Waals surface area contributed by atoms with Gasteiger partial charge in [-0.05, 0) is 30.0 Å². The van der Waals surface area contributed by atoms with Crippen LogP contribution in [-0.2, 0) is 12.8 Å². The Hall–Kier alpha value is -0.780. The summed E-state index contributed by atoms with van der Waals surface area (Å²) in [6, 6.07) is 9.27. The lowest BCUT2D eigenvalue weighted by molar-refractivity contribution is 0.839. The summed E-state index contributed by atoms with van der Waals surface area (Å²) in [7, 11) is 0. The predicted molar refractivity (Wildman–Crippen MR) is 32.7 cm³/mol. The Morgan fingerprint density at radius 1 is 1.25 bits per heavy atom. The molecule has 1 aromatic carbocycles. The maximum atomic E-state index is 3.05. The number of benzene rings is 1. The maximum absolute atomic E-state index is 3.05. The molecule has 0 amide bonds. The summed E-state index contributed by atoms with van der Waals surface area (Å²) in [5.74, 6) is 0. The van der Waals surface area contributed by atoms with E-state index in [0.717, 1.165) is 0 Å². The van der Waals surface area contributed by atoms with Crippen molar-refractivity contribution in [2.24, 2.45) is 0 Å². The van der Waals surface area contributed by atoms with Crippen LogP contribution in [0.25, 0.3) is 0 Å². The van der Waals surface area contributed by atoms with Crippen LogP contribution in [0.15, 0.2) is 18.2 Å². The number of fused-ring (bicyclic) bond motifs is 1. The number of aryl methyl sites for hydroxylation is 2. The number of rotatable bonds is 0. The first-order chi connectivity index (χ1) is 3.97. The van der Waals surface area contributed by atoms with Crippen molar-refractivity contribution in [3.05, 3.63) is 35.4 Å². The van der Waals surface area contributed by atoms with E-state index in [0.29, 0.717) is 0 Å². The minimum atomic E-state index is 1.27. The fourth-order valence-corrected chi connectivity index (χ4v) is 1.07. The molecule has 0 fully saturated rings. The van der Waals surface area contributed by atoms with E-state index in [9.17, 15) is 0 Å². The molecule has 0 N–H and O–H groups in total. The Morgan fingerprint density at radius 2 is 2.12 bits per heavy atom. The molecule has 2 rings (SSSR count). The molecule has 0 nitrogen and oxygen atoms in total. The van der Waals surface area contributed by atoms with Crippen LogP contribution in [0.1, 0.15) is 11.1 Å². The second-order valence-corrected chi connectivity index (χ2v) is 2.19. The summed E-state index contributed by atoms with van der Waals surface area (Å²) < 4.78 is 0. The zero-order valence-corrected chi connectivity index (χ0v) is 4.65. The fraction of sp³-hybridized carbons (Fsp3) is 0.250. The van der Waals surface area contributed by atoms with Gasteiger partial charge in [0, 0.05) is 0 Å². The topological polar surface area (TPSA) is 0 Å². The minimum absolute atomic E-state index is 1.27. The second kappa shape index (κ2) is 1.35. The monoisotopic (exact) mass is 103 g/mol. The van der Waals surface area contributed by atoms with Gasteiger partial charge in [-0.25, -0.2) is 0 Å². The van der Waals surface area contributed by atoms with Crippen molar-refractivity contribution in [1.29, 1.82) is 0 Å². The van der Waals surface area contributed by atoms with Gasteiger partial charge in [-0.1, -0.05) is 18.2 Å². The quantitative estimate of drug-likeness (QED) is 0.467. The lowest BCUT2D eigenvalue weighted by Gasteiger charge is -2.16. The number of hydrogen-bond acceptors (Lipinski definition) is 0. The molecule has 0 aromatic heterocycles. The van der Waals surface area contributed by atoms with Gasteiger partial charge < -0.3 is 0 Å². The van der Waals surface area contributed by atoms with Gasteiger partial charge in [-0.15, -0.1) is 0 Å². The van der Waals surface area contributed by atoms with E-state index in [1.54, 1.807) is 0 Å². The fourth-order valence-electron chi connectivity index (χ4n) is 1.07. The Kier molecular flexibility index (Phi) is 0.696. The summed E-state index contributed by atoms with van der Waals surface area (Å²) in [4.78, 5) is 0. The third-order valence-electron chi connectivity index (χ3n) is 1.71. The van der Waals surface area contributed by atoms with E-state index >= 15 is 0 Å². The summed E-state index contributed by atoms with van der Waals surface area (Å²) >= 11 is 0. The third kappa shape index (κ3) is 0.401. The van der Waals surface area contributed by atoms with E-state index in [1.165, 1.54) is 24.0 Å². The van der Waals surface area contributed by atoms with Crippen LogP contribution in [0.4, 0.5) is 0 Å². The van der Waals surface area contributed by atoms with Crippen LogP contribution < -0.4 is 0 Å². The molecule has 8 heavy (non-hydrogen) atoms. The van der Waals surface area contributed by atoms with Gasteiger partial charge >= 0.3 is 0 Å². The van der Waals surface area contributed by atoms with E-state index in [1.807, 2.05) is 6.07 Å². The molecule has 0 unspecified atom stereocenters. The van der Waals surface area contributed by atoms with Crippen molar-refractivity contribution in [3.63, 3.8) is 0 Å². The van der Waals surface area contributed by atoms with Crippen LogP contribution >= 0.6 is 0 Å². The van der Waals surface area contributed by atoms with Crippen molar-refractivity contribution in [1.82, 2.24) is 0 Å². The summed E-state index contributed by atoms with van der Waals surface area (Å²) in [6.45, 7) is 0. The smallest absolute Gasteiger partial charge is 0.0181 e. The second-order valence-electron chi connectivity index (χ2n) is 2.19. The van der Waals surface area contributed by atoms with Crippen LogP contribution in [0.3, 0.4) is 0 Å². The largest absolute Gasteiger partial charge is 0.0581 e. The van der Waals surface area contributed by atoms with Gasteiger partial charge in [0.2, 0.25) is 0 Å². The summed E-state index contributed by atoms with van der Waals surface area (Å²) in [6.07, 6.45) is 2.55. The Bertz CT molecular complexity index is 178. The lowest BCUT2D eigenvalue weighted by atomic mass is 9.89. The first-order valence-electron chi connectivity index (χ1n) is 2.95. The average molecular weight is 103 g/mol. The van der Waals surface area contributed by atoms with Crippen molar-refractivity contribution >= 4 is 0 Å². The molecule has 0 heterocycles. The van der Waals surface area contributed by atoms with Crippen LogP contribution in [-0.4, -0.2) is 0 Å². The molecule has 1 aliphatic carbocycles. The SMILES string of the molecule is [c]1ccc2c(c1)CC2. The molecule has 0 bridgehead atoms. The molecule has 0 atom stereocenters. The standard InChI is InChI=1S/C8H7/c1-2-4-8-6-5-7(8)3-1/h1,3-4H,5-6H2. The molecular formula is C8H7. The molecule has 1 radical (unpaired) electrons. The van der Waals surface area contributed by atoms with E-state index in [-0.39, 0.29) is 0 Å². The summed E-state index contributed by atoms with van der Waals surface area (Å²) in [5.41, 5.74) is 3.01. The molecule has 0 heteroatoms. The van der Waals surface area contributed by atoms with Gasteiger partial charge in [0.05, 0.1) is 0 Å². The third-order valence-corrected chi connectivity index (χ3v) is 1.71. The maximum Gasteiger partial charge on any atom is -0.0181 e. The van der Waals surface area contributed by atoms with E-state index in [4.69, 9.17) is 0 Å². The number of hydrogen-bond donors (Lipinski definition) is 0. The van der Waals surface area contributed by atoms with Crippen LogP contribution in [0.2, 0.25) is 0 Å². The van der Waals surface area contributed by atoms with Gasteiger partial charge in [0.1, 0.15) is 0 Å². The molecule has 1 aromatic rings. The highest BCUT2D eigenvalue weighted by Crippen LogP contribution is 2.20. The van der Waals surface area contributed by atoms with Crippen molar-refractivity contribution in [3.8, 4) is 0 Å². The lowest BCUT2D eigenvalue weighted by Crippen LogP contribution is -2.06. The zero-order valence-electron chi connectivity index (χ0n) is 4.65. The summed E-state index contributed by atoms with van der Waals surface area (Å²) in [5, 5.41) is 0. The van der Waals surface area contributed by atoms with Gasteiger partial charge in [-0.3, -0.25) is 0 Å². The molecule has 0 spiro atoms. The molecule has 0 aliphatic heterocycles. The Balaban J connectivity index is 2.62. The average Bonchev–Trinajstić information content (AvgIpc) is 1.72. The Labute approximate surface area is 49.2 Å². The first kappa shape index (κ1) is 4.13. The highest BCUT2D eigenvalue weighted by atomic mass is 14.1.